The van der Waals surface area contributed by atoms with Gasteiger partial charge in [0, 0.05) is 50.6 Å². The third-order valence-electron chi connectivity index (χ3n) is 7.56. The van der Waals surface area contributed by atoms with E-state index in [2.05, 4.69) is 43.0 Å². The zero-order valence-corrected chi connectivity index (χ0v) is 20.9. The molecule has 2 unspecified atom stereocenters. The molecule has 2 aliphatic heterocycles. The van der Waals surface area contributed by atoms with Gasteiger partial charge in [0.25, 0.3) is 5.91 Å². The molecule has 2 fully saturated rings. The first-order valence-corrected chi connectivity index (χ1v) is 12.8. The number of fused-ring (bicyclic) bond motifs is 1. The van der Waals surface area contributed by atoms with Gasteiger partial charge in [-0.05, 0) is 50.4 Å². The number of piperidine rings is 1. The molecule has 0 spiro atoms. The van der Waals surface area contributed by atoms with Crippen LogP contribution in [0.2, 0.25) is 0 Å². The quantitative estimate of drug-likeness (QED) is 0.579. The lowest BCUT2D eigenvalue weighted by molar-refractivity contribution is -0.136. The largest absolute Gasteiger partial charge is 0.418 e. The Bertz CT molecular complexity index is 1210. The molecule has 1 amide bonds. The van der Waals surface area contributed by atoms with E-state index in [1.165, 1.54) is 17.8 Å². The first kappa shape index (κ1) is 25.7. The van der Waals surface area contributed by atoms with E-state index < -0.39 is 17.6 Å². The number of H-pyrrole nitrogens is 1. The first-order valence-electron chi connectivity index (χ1n) is 12.8. The minimum absolute atomic E-state index is 0.160. The van der Waals surface area contributed by atoms with Crippen molar-refractivity contribution in [2.75, 3.05) is 33.3 Å². The highest BCUT2D eigenvalue weighted by Gasteiger charge is 2.34. The second-order valence-electron chi connectivity index (χ2n) is 9.99. The van der Waals surface area contributed by atoms with Crippen molar-refractivity contribution in [3.63, 3.8) is 0 Å². The summed E-state index contributed by atoms with van der Waals surface area (Å²) in [6, 6.07) is 4.36. The minimum atomic E-state index is -4.50. The number of amides is 1. The van der Waals surface area contributed by atoms with Crippen LogP contribution in [0, 0.1) is 5.92 Å². The lowest BCUT2D eigenvalue weighted by atomic mass is 10.0. The highest BCUT2D eigenvalue weighted by Crippen LogP contribution is 2.34. The third-order valence-corrected chi connectivity index (χ3v) is 7.56. The summed E-state index contributed by atoms with van der Waals surface area (Å²) in [5.41, 5.74) is 0.561. The average Bonchev–Trinajstić information content (AvgIpc) is 3.53. The number of allylic oxidation sites excluding steroid dienone is 1. The van der Waals surface area contributed by atoms with Gasteiger partial charge in [0.2, 0.25) is 0 Å². The van der Waals surface area contributed by atoms with Crippen LogP contribution in [0.25, 0.3) is 11.0 Å². The fourth-order valence-corrected chi connectivity index (χ4v) is 5.53. The number of likely N-dealkylation sites (tertiary alicyclic amines) is 2. The normalized spacial score (nSPS) is 23.9. The molecule has 0 bridgehead atoms. The van der Waals surface area contributed by atoms with Gasteiger partial charge in [0.05, 0.1) is 23.6 Å². The van der Waals surface area contributed by atoms with E-state index in [4.69, 9.17) is 4.74 Å². The summed E-state index contributed by atoms with van der Waals surface area (Å²) in [5.74, 6) is -0.0253. The minimum Gasteiger partial charge on any atom is -0.377 e. The van der Waals surface area contributed by atoms with Gasteiger partial charge in [-0.3, -0.25) is 9.69 Å². The molecule has 0 radical (unpaired) electrons. The molecule has 2 saturated heterocycles. The fraction of sp³-hybridized carbons (Fsp3) is 0.519. The summed E-state index contributed by atoms with van der Waals surface area (Å²) >= 11 is 0. The van der Waals surface area contributed by atoms with Gasteiger partial charge in [-0.1, -0.05) is 18.2 Å². The van der Waals surface area contributed by atoms with Gasteiger partial charge in [-0.2, -0.15) is 13.2 Å². The standard InChI is InChI=1S/C27H32F3N5O2/c1-37-21-7-5-19(6-8-21)34-13-10-20(11-14-34)35-12-9-18(17-35)16-31-25(36)15-24-32-23-4-2-3-22(26(23)33-24)27(28,29)30/h2-7,16,18,20-21H,8-15,17H2,1H3,(H,32,33). The molecule has 5 rings (SSSR count). The Hall–Kier alpha value is -2.98. The molecule has 2 atom stereocenters. The van der Waals surface area contributed by atoms with Crippen molar-refractivity contribution in [2.24, 2.45) is 10.9 Å². The molecule has 1 aromatic heterocycles. The van der Waals surface area contributed by atoms with Crippen LogP contribution in [0.3, 0.4) is 0 Å². The van der Waals surface area contributed by atoms with Gasteiger partial charge in [0.15, 0.2) is 0 Å². The van der Waals surface area contributed by atoms with Crippen molar-refractivity contribution in [2.45, 2.75) is 50.4 Å². The zero-order valence-electron chi connectivity index (χ0n) is 20.9. The number of nitrogens with zero attached hydrogens (tertiary/aromatic N) is 4. The number of nitrogens with one attached hydrogen (secondary N) is 1. The second-order valence-corrected chi connectivity index (χ2v) is 9.99. The summed E-state index contributed by atoms with van der Waals surface area (Å²) in [5, 5.41) is 0. The molecule has 7 nitrogen and oxygen atoms in total. The van der Waals surface area contributed by atoms with Crippen LogP contribution < -0.4 is 0 Å². The van der Waals surface area contributed by atoms with E-state index in [0.29, 0.717) is 6.04 Å². The zero-order chi connectivity index (χ0) is 26.0. The number of rotatable bonds is 6. The van der Waals surface area contributed by atoms with Crippen molar-refractivity contribution in [1.29, 1.82) is 0 Å². The monoisotopic (exact) mass is 515 g/mol. The molecule has 3 aliphatic rings. The number of aliphatic imine (C=N–C) groups is 1. The van der Waals surface area contributed by atoms with Crippen molar-refractivity contribution in [3.8, 4) is 0 Å². The van der Waals surface area contributed by atoms with Gasteiger partial charge in [0.1, 0.15) is 11.3 Å². The van der Waals surface area contributed by atoms with Crippen molar-refractivity contribution in [3.05, 3.63) is 53.5 Å². The predicted molar refractivity (Wildman–Crippen MR) is 135 cm³/mol. The van der Waals surface area contributed by atoms with Crippen LogP contribution in [-0.4, -0.2) is 77.3 Å². The molecule has 1 N–H and O–H groups in total. The molecule has 198 valence electrons. The predicted octanol–water partition coefficient (Wildman–Crippen LogP) is 4.37. The number of aromatic nitrogens is 2. The van der Waals surface area contributed by atoms with Crippen LogP contribution in [0.5, 0.6) is 0 Å². The Morgan fingerprint density at radius 1 is 1.24 bits per heavy atom. The molecular formula is C27H32F3N5O2. The summed E-state index contributed by atoms with van der Waals surface area (Å²) in [4.78, 5) is 28.3. The molecule has 37 heavy (non-hydrogen) atoms. The van der Waals surface area contributed by atoms with E-state index in [1.54, 1.807) is 13.3 Å². The Morgan fingerprint density at radius 2 is 2.05 bits per heavy atom. The molecule has 0 saturated carbocycles. The molecule has 1 aromatic carbocycles. The van der Waals surface area contributed by atoms with Crippen LogP contribution in [0.1, 0.15) is 37.1 Å². The van der Waals surface area contributed by atoms with E-state index in [9.17, 15) is 18.0 Å². The maximum atomic E-state index is 13.2. The molecule has 2 aromatic rings. The molecule has 10 heteroatoms. The Labute approximate surface area is 214 Å². The highest BCUT2D eigenvalue weighted by molar-refractivity contribution is 5.88. The first-order chi connectivity index (χ1) is 17.8. The van der Waals surface area contributed by atoms with Gasteiger partial charge in [-0.15, -0.1) is 0 Å². The van der Waals surface area contributed by atoms with Crippen LogP contribution in [0.4, 0.5) is 13.2 Å². The number of alkyl halides is 3. The third kappa shape index (κ3) is 5.96. The number of ether oxygens (including phenoxy) is 1. The number of carbonyl (C=O) groups is 1. The van der Waals surface area contributed by atoms with Crippen molar-refractivity contribution in [1.82, 2.24) is 19.8 Å². The number of aromatic amines is 1. The molecule has 1 aliphatic carbocycles. The Kier molecular flexibility index (Phi) is 7.48. The number of para-hydroxylation sites is 1. The fourth-order valence-electron chi connectivity index (χ4n) is 5.53. The summed E-state index contributed by atoms with van der Waals surface area (Å²) in [6.45, 7) is 3.91. The number of imidazole rings is 1. The molecule has 3 heterocycles. The van der Waals surface area contributed by atoms with Crippen LogP contribution in [0.15, 0.2) is 47.1 Å². The average molecular weight is 516 g/mol. The SMILES string of the molecule is COC1C=CC(N2CCC(N3CCC(C=NC(=O)Cc4nc5c(C(F)(F)F)cccc5[nH]4)C3)CC2)=CC1. The van der Waals surface area contributed by atoms with Gasteiger partial charge < -0.3 is 14.6 Å². The Morgan fingerprint density at radius 3 is 2.76 bits per heavy atom. The molecular weight excluding hydrogens is 483 g/mol. The number of carbonyl (C=O) groups excluding carboxylic acids is 1. The second kappa shape index (κ2) is 10.8. The maximum absolute atomic E-state index is 13.2. The van der Waals surface area contributed by atoms with E-state index in [1.807, 2.05) is 0 Å². The summed E-state index contributed by atoms with van der Waals surface area (Å²) < 4.78 is 45.0. The summed E-state index contributed by atoms with van der Waals surface area (Å²) in [6.07, 6.45) is 7.85. The number of hydrogen-bond donors (Lipinski definition) is 1. The smallest absolute Gasteiger partial charge is 0.377 e. The lowest BCUT2D eigenvalue weighted by Gasteiger charge is -2.39. The maximum Gasteiger partial charge on any atom is 0.418 e. The summed E-state index contributed by atoms with van der Waals surface area (Å²) in [7, 11) is 1.74. The van der Waals surface area contributed by atoms with Crippen molar-refractivity contribution >= 4 is 23.2 Å². The number of benzene rings is 1. The number of halogens is 3. The van der Waals surface area contributed by atoms with Gasteiger partial charge >= 0.3 is 6.18 Å². The van der Waals surface area contributed by atoms with Crippen LogP contribution in [-0.2, 0) is 22.1 Å². The van der Waals surface area contributed by atoms with E-state index in [-0.39, 0.29) is 35.3 Å². The highest BCUT2D eigenvalue weighted by atomic mass is 19.4. The van der Waals surface area contributed by atoms with Gasteiger partial charge in [-0.25, -0.2) is 9.98 Å². The van der Waals surface area contributed by atoms with Crippen molar-refractivity contribution < 1.29 is 22.7 Å². The van der Waals surface area contributed by atoms with E-state index in [0.717, 1.165) is 57.9 Å². The lowest BCUT2D eigenvalue weighted by Crippen LogP contribution is -2.43. The topological polar surface area (TPSA) is 73.8 Å². The van der Waals surface area contributed by atoms with Crippen LogP contribution >= 0.6 is 0 Å². The number of hydrogen-bond acceptors (Lipinski definition) is 5. The number of methoxy groups -OCH3 is 1. The Balaban J connectivity index is 1.10. The van der Waals surface area contributed by atoms with E-state index >= 15 is 0 Å².